The molecule has 0 aliphatic rings. The number of furan rings is 1. The maximum Gasteiger partial charge on any atom is 0.260 e. The topological polar surface area (TPSA) is 54.7 Å². The molecule has 2 atom stereocenters. The van der Waals surface area contributed by atoms with E-state index in [4.69, 9.17) is 9.15 Å². The Bertz CT molecular complexity index is 665. The zero-order valence-corrected chi connectivity index (χ0v) is 15.0. The highest BCUT2D eigenvalue weighted by Gasteiger charge is 2.20. The van der Waals surface area contributed by atoms with Gasteiger partial charge in [0, 0.05) is 6.54 Å². The molecule has 0 fully saturated rings. The van der Waals surface area contributed by atoms with Crippen molar-refractivity contribution in [3.8, 4) is 5.75 Å². The molecule has 0 spiro atoms. The molecule has 0 unspecified atom stereocenters. The van der Waals surface area contributed by atoms with E-state index in [1.807, 2.05) is 63.2 Å². The minimum absolute atomic E-state index is 0.0160. The van der Waals surface area contributed by atoms with Gasteiger partial charge in [0.1, 0.15) is 11.5 Å². The highest BCUT2D eigenvalue weighted by atomic mass is 16.5. The molecular formula is C19H26N2O3. The first-order valence-electron chi connectivity index (χ1n) is 8.10. The van der Waals surface area contributed by atoms with Gasteiger partial charge in [0.25, 0.3) is 5.91 Å². The molecule has 5 heteroatoms. The minimum atomic E-state index is -0.563. The third-order valence-electron chi connectivity index (χ3n) is 4.13. The van der Waals surface area contributed by atoms with Crippen molar-refractivity contribution < 1.29 is 13.9 Å². The van der Waals surface area contributed by atoms with Crippen molar-refractivity contribution in [2.45, 2.75) is 32.9 Å². The lowest BCUT2D eigenvalue weighted by Crippen LogP contribution is -2.40. The van der Waals surface area contributed by atoms with Gasteiger partial charge in [0.05, 0.1) is 12.3 Å². The second-order valence-electron chi connectivity index (χ2n) is 6.25. The molecule has 1 aromatic heterocycles. The van der Waals surface area contributed by atoms with Crippen LogP contribution in [0.5, 0.6) is 5.75 Å². The number of benzene rings is 1. The molecule has 24 heavy (non-hydrogen) atoms. The molecule has 1 amide bonds. The summed E-state index contributed by atoms with van der Waals surface area (Å²) in [6.07, 6.45) is 1.07. The van der Waals surface area contributed by atoms with Crippen LogP contribution in [0.4, 0.5) is 0 Å². The number of ether oxygens (including phenoxy) is 1. The lowest BCUT2D eigenvalue weighted by atomic mass is 10.1. The smallest absolute Gasteiger partial charge is 0.260 e. The van der Waals surface area contributed by atoms with Crippen molar-refractivity contribution in [2.75, 3.05) is 20.6 Å². The van der Waals surface area contributed by atoms with Crippen molar-refractivity contribution in [2.24, 2.45) is 0 Å². The standard InChI is InChI=1S/C19H26N2O3/c1-13-8-9-16(11-14(13)2)24-15(3)19(22)20-12-17(21(4)5)18-7-6-10-23-18/h6-11,15,17H,12H2,1-5H3,(H,20,22)/t15-,17-/m0/s1. The first-order valence-corrected chi connectivity index (χ1v) is 8.10. The van der Waals surface area contributed by atoms with Crippen LogP contribution in [-0.2, 0) is 4.79 Å². The van der Waals surface area contributed by atoms with Crippen molar-refractivity contribution in [1.29, 1.82) is 0 Å². The van der Waals surface area contributed by atoms with Crippen molar-refractivity contribution in [3.63, 3.8) is 0 Å². The molecule has 0 aliphatic carbocycles. The molecule has 2 aromatic rings. The Morgan fingerprint density at radius 2 is 2.00 bits per heavy atom. The zero-order chi connectivity index (χ0) is 17.7. The lowest BCUT2D eigenvalue weighted by molar-refractivity contribution is -0.127. The SMILES string of the molecule is Cc1ccc(O[C@@H](C)C(=O)NC[C@@H](c2ccco2)N(C)C)cc1C. The van der Waals surface area contributed by atoms with E-state index in [-0.39, 0.29) is 11.9 Å². The predicted octanol–water partition coefficient (Wildman–Crippen LogP) is 3.08. The molecule has 0 bridgehead atoms. The second kappa shape index (κ2) is 8.02. The second-order valence-corrected chi connectivity index (χ2v) is 6.25. The van der Waals surface area contributed by atoms with Gasteiger partial charge in [-0.2, -0.15) is 0 Å². The van der Waals surface area contributed by atoms with Gasteiger partial charge in [-0.1, -0.05) is 6.07 Å². The van der Waals surface area contributed by atoms with Crippen LogP contribution >= 0.6 is 0 Å². The first kappa shape index (κ1) is 18.1. The van der Waals surface area contributed by atoms with E-state index in [9.17, 15) is 4.79 Å². The summed E-state index contributed by atoms with van der Waals surface area (Å²) in [5, 5.41) is 2.93. The van der Waals surface area contributed by atoms with Crippen LogP contribution in [0.15, 0.2) is 41.0 Å². The fraction of sp³-hybridized carbons (Fsp3) is 0.421. The Labute approximate surface area is 143 Å². The van der Waals surface area contributed by atoms with E-state index in [0.29, 0.717) is 12.3 Å². The third kappa shape index (κ3) is 4.61. The summed E-state index contributed by atoms with van der Waals surface area (Å²) < 4.78 is 11.2. The van der Waals surface area contributed by atoms with Gasteiger partial charge < -0.3 is 14.5 Å². The Morgan fingerprint density at radius 1 is 1.25 bits per heavy atom. The Hall–Kier alpha value is -2.27. The molecule has 0 radical (unpaired) electrons. The Balaban J connectivity index is 1.92. The maximum absolute atomic E-state index is 12.3. The van der Waals surface area contributed by atoms with Crippen molar-refractivity contribution in [1.82, 2.24) is 10.2 Å². The molecule has 1 N–H and O–H groups in total. The van der Waals surface area contributed by atoms with Gasteiger partial charge in [-0.15, -0.1) is 0 Å². The molecule has 0 saturated carbocycles. The van der Waals surface area contributed by atoms with E-state index in [2.05, 4.69) is 5.32 Å². The van der Waals surface area contributed by atoms with Crippen LogP contribution in [0, 0.1) is 13.8 Å². The summed E-state index contributed by atoms with van der Waals surface area (Å²) in [4.78, 5) is 14.3. The van der Waals surface area contributed by atoms with Gasteiger partial charge in [-0.05, 0) is 70.3 Å². The predicted molar refractivity (Wildman–Crippen MR) is 94.2 cm³/mol. The number of nitrogens with one attached hydrogen (secondary N) is 1. The molecule has 1 aromatic carbocycles. The highest BCUT2D eigenvalue weighted by Crippen LogP contribution is 2.19. The van der Waals surface area contributed by atoms with E-state index in [1.165, 1.54) is 5.56 Å². The van der Waals surface area contributed by atoms with Gasteiger partial charge in [-0.25, -0.2) is 0 Å². The zero-order valence-electron chi connectivity index (χ0n) is 15.0. The van der Waals surface area contributed by atoms with E-state index < -0.39 is 6.10 Å². The summed E-state index contributed by atoms with van der Waals surface area (Å²) >= 11 is 0. The summed E-state index contributed by atoms with van der Waals surface area (Å²) in [5.74, 6) is 1.38. The first-order chi connectivity index (χ1) is 11.4. The molecule has 0 aliphatic heterocycles. The summed E-state index contributed by atoms with van der Waals surface area (Å²) in [7, 11) is 3.91. The van der Waals surface area contributed by atoms with Gasteiger partial charge in [-0.3, -0.25) is 9.69 Å². The number of hydrogen-bond donors (Lipinski definition) is 1. The van der Waals surface area contributed by atoms with Gasteiger partial charge in [0.15, 0.2) is 6.10 Å². The molecule has 130 valence electrons. The van der Waals surface area contributed by atoms with Crippen molar-refractivity contribution in [3.05, 3.63) is 53.5 Å². The van der Waals surface area contributed by atoms with Crippen LogP contribution in [0.3, 0.4) is 0 Å². The minimum Gasteiger partial charge on any atom is -0.481 e. The lowest BCUT2D eigenvalue weighted by Gasteiger charge is -2.23. The molecule has 1 heterocycles. The summed E-state index contributed by atoms with van der Waals surface area (Å²) in [6.45, 7) is 6.28. The van der Waals surface area contributed by atoms with Crippen LogP contribution in [0.25, 0.3) is 0 Å². The van der Waals surface area contributed by atoms with E-state index in [1.54, 1.807) is 13.2 Å². The number of likely N-dealkylation sites (N-methyl/N-ethyl adjacent to an activating group) is 1. The largest absolute Gasteiger partial charge is 0.481 e. The molecule has 0 saturated heterocycles. The maximum atomic E-state index is 12.3. The normalized spacial score (nSPS) is 13.6. The molecule has 5 nitrogen and oxygen atoms in total. The average Bonchev–Trinajstić information content (AvgIpc) is 3.04. The van der Waals surface area contributed by atoms with Gasteiger partial charge in [0.2, 0.25) is 0 Å². The van der Waals surface area contributed by atoms with Crippen LogP contribution in [0.1, 0.15) is 29.9 Å². The van der Waals surface area contributed by atoms with Gasteiger partial charge >= 0.3 is 0 Å². The van der Waals surface area contributed by atoms with Crippen LogP contribution in [0.2, 0.25) is 0 Å². The van der Waals surface area contributed by atoms with Crippen LogP contribution in [-0.4, -0.2) is 37.6 Å². The highest BCUT2D eigenvalue weighted by molar-refractivity contribution is 5.80. The fourth-order valence-electron chi connectivity index (χ4n) is 2.40. The number of nitrogens with zero attached hydrogens (tertiary/aromatic N) is 1. The Morgan fingerprint density at radius 3 is 2.58 bits per heavy atom. The third-order valence-corrected chi connectivity index (χ3v) is 4.13. The fourth-order valence-corrected chi connectivity index (χ4v) is 2.40. The van der Waals surface area contributed by atoms with Crippen molar-refractivity contribution >= 4 is 5.91 Å². The quantitative estimate of drug-likeness (QED) is 0.848. The average molecular weight is 330 g/mol. The van der Waals surface area contributed by atoms with Crippen LogP contribution < -0.4 is 10.1 Å². The van der Waals surface area contributed by atoms with E-state index >= 15 is 0 Å². The number of rotatable bonds is 7. The number of hydrogen-bond acceptors (Lipinski definition) is 4. The molecular weight excluding hydrogens is 304 g/mol. The summed E-state index contributed by atoms with van der Waals surface area (Å²) in [6, 6.07) is 9.57. The number of carbonyl (C=O) groups is 1. The number of amides is 1. The number of aryl methyl sites for hydroxylation is 2. The Kier molecular flexibility index (Phi) is 6.04. The number of carbonyl (C=O) groups excluding carboxylic acids is 1. The van der Waals surface area contributed by atoms with E-state index in [0.717, 1.165) is 11.3 Å². The summed E-state index contributed by atoms with van der Waals surface area (Å²) in [5.41, 5.74) is 2.34. The monoisotopic (exact) mass is 330 g/mol. The molecule has 2 rings (SSSR count).